The number of aryl methyl sites for hydroxylation is 2. The van der Waals surface area contributed by atoms with Gasteiger partial charge >= 0.3 is 12.4 Å². The molecule has 0 aromatic heterocycles. The van der Waals surface area contributed by atoms with Crippen LogP contribution in [0, 0.1) is 13.8 Å². The van der Waals surface area contributed by atoms with Gasteiger partial charge in [-0.3, -0.25) is 9.80 Å². The van der Waals surface area contributed by atoms with Gasteiger partial charge in [-0.2, -0.15) is 0 Å². The van der Waals surface area contributed by atoms with E-state index in [9.17, 15) is 18.0 Å². The van der Waals surface area contributed by atoms with Crippen LogP contribution in [0.25, 0.3) is 0 Å². The third kappa shape index (κ3) is 6.28. The van der Waals surface area contributed by atoms with Gasteiger partial charge in [-0.25, -0.2) is 4.79 Å². The number of ether oxygens (including phenoxy) is 1. The van der Waals surface area contributed by atoms with Crippen molar-refractivity contribution in [2.75, 3.05) is 16.3 Å². The Morgan fingerprint density at radius 3 is 1.76 bits per heavy atom. The largest absolute Gasteiger partial charge is 0.573 e. The average Bonchev–Trinajstić information content (AvgIpc) is 2.98. The lowest BCUT2D eigenvalue weighted by atomic mass is 10.0. The first-order valence-electron chi connectivity index (χ1n) is 10.5. The molecule has 1 aliphatic heterocycles. The molecule has 0 unspecified atom stereocenters. The van der Waals surface area contributed by atoms with E-state index in [-0.39, 0.29) is 17.3 Å². The summed E-state index contributed by atoms with van der Waals surface area (Å²) in [7, 11) is 0. The zero-order chi connectivity index (χ0) is 24.2. The van der Waals surface area contributed by atoms with Gasteiger partial charge in [-0.1, -0.05) is 53.6 Å². The Kier molecular flexibility index (Phi) is 7.01. The fourth-order valence-corrected chi connectivity index (χ4v) is 3.61. The summed E-state index contributed by atoms with van der Waals surface area (Å²) in [6, 6.07) is 23.4. The fourth-order valence-electron chi connectivity index (χ4n) is 3.61. The maximum atomic E-state index is 12.9. The Labute approximate surface area is 192 Å². The first-order valence-corrected chi connectivity index (χ1v) is 10.5. The summed E-state index contributed by atoms with van der Waals surface area (Å²) in [6.45, 7) is 9.01. The summed E-state index contributed by atoms with van der Waals surface area (Å²) in [4.78, 5) is 16.7. The molecule has 0 N–H and O–H groups in total. The molecule has 0 aliphatic carbocycles. The molecule has 33 heavy (non-hydrogen) atoms. The molecular weight excluding hydrogens is 429 g/mol. The van der Waals surface area contributed by atoms with Crippen molar-refractivity contribution < 1.29 is 22.7 Å². The second-order valence-corrected chi connectivity index (χ2v) is 8.55. The summed E-state index contributed by atoms with van der Waals surface area (Å²) in [5, 5.41) is 0. The summed E-state index contributed by atoms with van der Waals surface area (Å²) in [5.41, 5.74) is 4.07. The predicted molar refractivity (Wildman–Crippen MR) is 125 cm³/mol. The highest BCUT2D eigenvalue weighted by Gasteiger charge is 2.44. The third-order valence-electron chi connectivity index (χ3n) is 5.19. The van der Waals surface area contributed by atoms with Crippen molar-refractivity contribution in [1.29, 1.82) is 0 Å². The molecule has 1 fully saturated rings. The maximum Gasteiger partial charge on any atom is 0.573 e. The zero-order valence-electron chi connectivity index (χ0n) is 19.1. The monoisotopic (exact) mass is 456 g/mol. The van der Waals surface area contributed by atoms with Gasteiger partial charge in [0.25, 0.3) is 0 Å². The number of hydrogen-bond donors (Lipinski definition) is 0. The lowest BCUT2D eigenvalue weighted by Crippen LogP contribution is -2.42. The molecule has 0 atom stereocenters. The van der Waals surface area contributed by atoms with E-state index in [1.807, 2.05) is 58.3 Å². The highest BCUT2D eigenvalue weighted by Crippen LogP contribution is 2.35. The first-order chi connectivity index (χ1) is 15.5. The molecule has 0 bridgehead atoms. The van der Waals surface area contributed by atoms with E-state index in [0.717, 1.165) is 11.4 Å². The highest BCUT2D eigenvalue weighted by molar-refractivity contribution is 6.07. The van der Waals surface area contributed by atoms with Crippen LogP contribution in [0.2, 0.25) is 0 Å². The lowest BCUT2D eigenvalue weighted by Gasteiger charge is -2.29. The molecule has 4 nitrogen and oxygen atoms in total. The van der Waals surface area contributed by atoms with Gasteiger partial charge in [0.05, 0.1) is 12.1 Å². The molecule has 3 aromatic rings. The average molecular weight is 457 g/mol. The smallest absolute Gasteiger partial charge is 0.406 e. The molecule has 0 saturated carbocycles. The minimum Gasteiger partial charge on any atom is -0.406 e. The van der Waals surface area contributed by atoms with Crippen molar-refractivity contribution in [2.24, 2.45) is 0 Å². The van der Waals surface area contributed by atoms with E-state index in [1.54, 1.807) is 6.07 Å². The van der Waals surface area contributed by atoms with Gasteiger partial charge < -0.3 is 4.74 Å². The molecule has 0 radical (unpaired) electrons. The van der Waals surface area contributed by atoms with E-state index in [2.05, 4.69) is 32.4 Å². The number of amides is 2. The quantitative estimate of drug-likeness (QED) is 0.421. The molecule has 1 aliphatic rings. The second kappa shape index (κ2) is 9.57. The van der Waals surface area contributed by atoms with Crippen LogP contribution in [-0.4, -0.2) is 24.5 Å². The van der Waals surface area contributed by atoms with Crippen molar-refractivity contribution in [1.82, 2.24) is 0 Å². The van der Waals surface area contributed by atoms with Crippen molar-refractivity contribution >= 4 is 17.4 Å². The number of nitrogens with zero attached hydrogens (tertiary/aromatic N) is 2. The Balaban J connectivity index is 0.000000235. The van der Waals surface area contributed by atoms with Crippen LogP contribution >= 0.6 is 0 Å². The molecule has 4 rings (SSSR count). The van der Waals surface area contributed by atoms with Gasteiger partial charge in [0.15, 0.2) is 0 Å². The van der Waals surface area contributed by atoms with Gasteiger partial charge in [-0.05, 0) is 64.1 Å². The van der Waals surface area contributed by atoms with Crippen LogP contribution < -0.4 is 14.5 Å². The van der Waals surface area contributed by atoms with Crippen LogP contribution in [0.4, 0.5) is 29.3 Å². The minimum atomic E-state index is -4.60. The Morgan fingerprint density at radius 1 is 0.788 bits per heavy atom. The number of anilines is 2. The van der Waals surface area contributed by atoms with Gasteiger partial charge in [0.2, 0.25) is 0 Å². The van der Waals surface area contributed by atoms with E-state index in [4.69, 9.17) is 0 Å². The van der Waals surface area contributed by atoms with Crippen molar-refractivity contribution in [3.05, 3.63) is 90.0 Å². The topological polar surface area (TPSA) is 32.8 Å². The van der Waals surface area contributed by atoms with E-state index >= 15 is 0 Å². The Hall–Kier alpha value is -3.48. The van der Waals surface area contributed by atoms with Crippen molar-refractivity contribution in [3.63, 3.8) is 0 Å². The summed E-state index contributed by atoms with van der Waals surface area (Å²) in [6.07, 6.45) is -4.60. The third-order valence-corrected chi connectivity index (χ3v) is 5.19. The van der Waals surface area contributed by atoms with Gasteiger partial charge in [0, 0.05) is 11.4 Å². The predicted octanol–water partition coefficient (Wildman–Crippen LogP) is 7.11. The number of hydrogen-bond acceptors (Lipinski definition) is 2. The van der Waals surface area contributed by atoms with Crippen LogP contribution in [0.5, 0.6) is 5.75 Å². The van der Waals surface area contributed by atoms with E-state index < -0.39 is 6.36 Å². The van der Waals surface area contributed by atoms with Gasteiger partial charge in [-0.15, -0.1) is 13.2 Å². The molecule has 174 valence electrons. The van der Waals surface area contributed by atoms with Crippen LogP contribution in [0.3, 0.4) is 0 Å². The number of alkyl halides is 3. The number of carbonyl (C=O) groups is 1. The SMILES string of the molecule is Cc1ccc(N2CC(C)(C)N(c3ccc(C)cc3)C2=O)cc1.FC(F)(F)Oc1ccccc1. The van der Waals surface area contributed by atoms with Crippen LogP contribution in [0.1, 0.15) is 25.0 Å². The highest BCUT2D eigenvalue weighted by atomic mass is 19.4. The summed E-state index contributed by atoms with van der Waals surface area (Å²) in [5.74, 6) is -0.194. The van der Waals surface area contributed by atoms with Crippen molar-refractivity contribution in [3.8, 4) is 5.75 Å². The van der Waals surface area contributed by atoms with Gasteiger partial charge in [0.1, 0.15) is 5.75 Å². The summed E-state index contributed by atoms with van der Waals surface area (Å²) >= 11 is 0. The lowest BCUT2D eigenvalue weighted by molar-refractivity contribution is -0.274. The Bertz CT molecular complexity index is 1060. The molecule has 1 saturated heterocycles. The standard InChI is InChI=1S/C19H22N2O.C7H5F3O/c1-14-5-9-16(10-6-14)20-13-19(3,4)21(18(20)22)17-11-7-15(2)8-12-17;8-7(9,10)11-6-4-2-1-3-5-6/h5-12H,13H2,1-4H3;1-5H. The second-order valence-electron chi connectivity index (χ2n) is 8.55. The normalized spacial score (nSPS) is 15.2. The number of rotatable bonds is 3. The number of halogens is 3. The molecular formula is C26H27F3N2O2. The van der Waals surface area contributed by atoms with Crippen LogP contribution in [0.15, 0.2) is 78.9 Å². The molecule has 0 spiro atoms. The first kappa shape index (κ1) is 24.2. The maximum absolute atomic E-state index is 12.9. The molecule has 7 heteroatoms. The van der Waals surface area contributed by atoms with E-state index in [1.165, 1.54) is 35.4 Å². The summed E-state index contributed by atoms with van der Waals surface area (Å²) < 4.78 is 38.2. The van der Waals surface area contributed by atoms with Crippen LogP contribution in [-0.2, 0) is 0 Å². The van der Waals surface area contributed by atoms with Crippen molar-refractivity contribution in [2.45, 2.75) is 39.6 Å². The molecule has 2 amide bonds. The zero-order valence-corrected chi connectivity index (χ0v) is 19.1. The Morgan fingerprint density at radius 2 is 1.27 bits per heavy atom. The molecule has 3 aromatic carbocycles. The van der Waals surface area contributed by atoms with E-state index in [0.29, 0.717) is 6.54 Å². The number of urea groups is 1. The number of benzene rings is 3. The fraction of sp³-hybridized carbons (Fsp3) is 0.269. The number of carbonyl (C=O) groups excluding carboxylic acids is 1. The molecule has 1 heterocycles. The minimum absolute atomic E-state index is 0.0395. The number of para-hydroxylation sites is 1.